The van der Waals surface area contributed by atoms with Crippen LogP contribution in [0.3, 0.4) is 0 Å². The van der Waals surface area contributed by atoms with Gasteiger partial charge in [0.2, 0.25) is 0 Å². The summed E-state index contributed by atoms with van der Waals surface area (Å²) >= 11 is 0. The lowest BCUT2D eigenvalue weighted by Gasteiger charge is -2.04. The van der Waals surface area contributed by atoms with Crippen molar-refractivity contribution in [2.24, 2.45) is 5.92 Å². The molecule has 0 unspecified atom stereocenters. The Morgan fingerprint density at radius 1 is 1.47 bits per heavy atom. The van der Waals surface area contributed by atoms with Gasteiger partial charge in [0.25, 0.3) is 0 Å². The van der Waals surface area contributed by atoms with Gasteiger partial charge in [-0.3, -0.25) is 0 Å². The monoisotopic (exact) mass is 260 g/mol. The van der Waals surface area contributed by atoms with E-state index in [0.717, 1.165) is 12.8 Å². The van der Waals surface area contributed by atoms with E-state index in [4.69, 9.17) is 4.74 Å². The molecule has 0 bridgehead atoms. The smallest absolute Gasteiger partial charge is 0.330 e. The largest absolute Gasteiger partial charge is 0.466 e. The van der Waals surface area contributed by atoms with E-state index in [1.54, 1.807) is 6.08 Å². The van der Waals surface area contributed by atoms with Gasteiger partial charge in [-0.25, -0.2) is 4.79 Å². The number of ether oxygens (including phenoxy) is 2. The van der Waals surface area contributed by atoms with Crippen LogP contribution in [-0.4, -0.2) is 25.3 Å². The van der Waals surface area contributed by atoms with Crippen molar-refractivity contribution in [3.8, 4) is 0 Å². The van der Waals surface area contributed by atoms with Crippen LogP contribution in [0.4, 0.5) is 0 Å². The minimum atomic E-state index is -0.338. The van der Waals surface area contributed by atoms with Crippen LogP contribution in [0.5, 0.6) is 0 Å². The molecule has 0 aromatic heterocycles. The first kappa shape index (κ1) is 13.8. The van der Waals surface area contributed by atoms with Gasteiger partial charge >= 0.3 is 5.97 Å². The second-order valence-corrected chi connectivity index (χ2v) is 4.83. The highest BCUT2D eigenvalue weighted by molar-refractivity contribution is 5.82. The highest BCUT2D eigenvalue weighted by Crippen LogP contribution is 2.37. The Morgan fingerprint density at radius 2 is 2.32 bits per heavy atom. The van der Waals surface area contributed by atoms with Gasteiger partial charge in [0, 0.05) is 12.0 Å². The van der Waals surface area contributed by atoms with E-state index >= 15 is 0 Å². The summed E-state index contributed by atoms with van der Waals surface area (Å²) in [5.41, 5.74) is 1.31. The maximum atomic E-state index is 10.9. The van der Waals surface area contributed by atoms with E-state index in [1.807, 2.05) is 6.08 Å². The van der Waals surface area contributed by atoms with Crippen LogP contribution in [0.25, 0.3) is 0 Å². The summed E-state index contributed by atoms with van der Waals surface area (Å²) in [6.45, 7) is 2.13. The molecule has 1 heterocycles. The third-order valence-electron chi connectivity index (χ3n) is 3.36. The highest BCUT2D eigenvalue weighted by Gasteiger charge is 2.43. The van der Waals surface area contributed by atoms with Crippen molar-refractivity contribution in [2.45, 2.75) is 32.0 Å². The summed E-state index contributed by atoms with van der Waals surface area (Å²) in [6.07, 6.45) is 16.4. The predicted octanol–water partition coefficient (Wildman–Crippen LogP) is 2.95. The molecule has 3 atom stereocenters. The maximum absolute atomic E-state index is 10.9. The number of esters is 1. The Balaban J connectivity index is 1.79. The van der Waals surface area contributed by atoms with Crippen molar-refractivity contribution in [3.05, 3.63) is 48.1 Å². The predicted molar refractivity (Wildman–Crippen MR) is 74.6 cm³/mol. The van der Waals surface area contributed by atoms with Crippen LogP contribution in [0.1, 0.15) is 19.8 Å². The van der Waals surface area contributed by atoms with E-state index in [1.165, 1.54) is 18.8 Å². The van der Waals surface area contributed by atoms with Crippen LogP contribution in [0.2, 0.25) is 0 Å². The quantitative estimate of drug-likeness (QED) is 0.330. The Labute approximate surface area is 114 Å². The van der Waals surface area contributed by atoms with Crippen molar-refractivity contribution < 1.29 is 14.3 Å². The molecule has 1 aliphatic carbocycles. The van der Waals surface area contributed by atoms with Gasteiger partial charge in [0.1, 0.15) is 6.10 Å². The molecule has 102 valence electrons. The number of methoxy groups -OCH3 is 1. The molecular formula is C16H20O3. The second-order valence-electron chi connectivity index (χ2n) is 4.83. The Morgan fingerprint density at radius 3 is 3.00 bits per heavy atom. The number of rotatable bonds is 5. The van der Waals surface area contributed by atoms with Crippen LogP contribution in [-0.2, 0) is 14.3 Å². The van der Waals surface area contributed by atoms with E-state index in [-0.39, 0.29) is 18.2 Å². The third-order valence-corrected chi connectivity index (χ3v) is 3.36. The second kappa shape index (κ2) is 6.53. The SMILES string of the molecule is COC(=O)/C=C/C=C/[C@H](C)[C@H]1O[C@@H]1C1=CCCC=C1. The van der Waals surface area contributed by atoms with Gasteiger partial charge in [-0.2, -0.15) is 0 Å². The average molecular weight is 260 g/mol. The zero-order valence-corrected chi connectivity index (χ0v) is 11.4. The lowest BCUT2D eigenvalue weighted by Crippen LogP contribution is -2.06. The van der Waals surface area contributed by atoms with E-state index in [2.05, 4.69) is 36.0 Å². The molecule has 2 rings (SSSR count). The fourth-order valence-electron chi connectivity index (χ4n) is 2.19. The summed E-state index contributed by atoms with van der Waals surface area (Å²) < 4.78 is 10.2. The van der Waals surface area contributed by atoms with Crippen LogP contribution in [0, 0.1) is 5.92 Å². The molecular weight excluding hydrogens is 240 g/mol. The third kappa shape index (κ3) is 3.93. The van der Waals surface area contributed by atoms with Gasteiger partial charge in [0.05, 0.1) is 13.2 Å². The van der Waals surface area contributed by atoms with Crippen molar-refractivity contribution >= 4 is 5.97 Å². The first-order valence-electron chi connectivity index (χ1n) is 6.67. The van der Waals surface area contributed by atoms with Crippen molar-refractivity contribution in [1.82, 2.24) is 0 Å². The number of hydrogen-bond donors (Lipinski definition) is 0. The number of allylic oxidation sites excluding steroid dienone is 4. The minimum absolute atomic E-state index is 0.251. The molecule has 1 aliphatic heterocycles. The molecule has 3 heteroatoms. The molecule has 0 amide bonds. The van der Waals surface area contributed by atoms with Crippen LogP contribution < -0.4 is 0 Å². The number of carbonyl (C=O) groups is 1. The molecule has 0 N–H and O–H groups in total. The van der Waals surface area contributed by atoms with Gasteiger partial charge in [0.15, 0.2) is 0 Å². The summed E-state index contributed by atoms with van der Waals surface area (Å²) in [4.78, 5) is 10.9. The van der Waals surface area contributed by atoms with Crippen LogP contribution >= 0.6 is 0 Å². The lowest BCUT2D eigenvalue weighted by molar-refractivity contribution is -0.134. The summed E-state index contributed by atoms with van der Waals surface area (Å²) in [7, 11) is 1.37. The average Bonchev–Trinajstić information content (AvgIpc) is 3.24. The first-order valence-corrected chi connectivity index (χ1v) is 6.67. The molecule has 0 spiro atoms. The molecule has 19 heavy (non-hydrogen) atoms. The molecule has 0 aromatic rings. The van der Waals surface area contributed by atoms with Crippen LogP contribution in [0.15, 0.2) is 48.1 Å². The zero-order valence-electron chi connectivity index (χ0n) is 11.4. The van der Waals surface area contributed by atoms with Crippen molar-refractivity contribution in [2.75, 3.05) is 7.11 Å². The lowest BCUT2D eigenvalue weighted by atomic mass is 9.97. The number of carbonyl (C=O) groups excluding carboxylic acids is 1. The molecule has 2 aliphatic rings. The topological polar surface area (TPSA) is 38.8 Å². The van der Waals surface area contributed by atoms with E-state index in [9.17, 15) is 4.79 Å². The molecule has 1 saturated heterocycles. The number of epoxide rings is 1. The molecule has 3 nitrogen and oxygen atoms in total. The molecule has 1 fully saturated rings. The van der Waals surface area contributed by atoms with E-state index in [0.29, 0.717) is 5.92 Å². The number of hydrogen-bond acceptors (Lipinski definition) is 3. The van der Waals surface area contributed by atoms with Gasteiger partial charge in [-0.15, -0.1) is 0 Å². The Bertz CT molecular complexity index is 443. The fourth-order valence-corrected chi connectivity index (χ4v) is 2.19. The molecule has 0 radical (unpaired) electrons. The van der Waals surface area contributed by atoms with Crippen molar-refractivity contribution in [3.63, 3.8) is 0 Å². The van der Waals surface area contributed by atoms with Gasteiger partial charge < -0.3 is 9.47 Å². The van der Waals surface area contributed by atoms with Crippen molar-refractivity contribution in [1.29, 1.82) is 0 Å². The maximum Gasteiger partial charge on any atom is 0.330 e. The fraction of sp³-hybridized carbons (Fsp3) is 0.438. The first-order chi connectivity index (χ1) is 9.22. The standard InChI is InChI=1S/C16H20O3/c1-12(8-6-7-11-14(17)18-2)15-16(19-15)13-9-4-3-5-10-13/h4,6-12,15-16H,3,5H2,1-2H3/b8-6+,11-7+/t12-,15+,16+/m0/s1. The highest BCUT2D eigenvalue weighted by atomic mass is 16.6. The zero-order chi connectivity index (χ0) is 13.7. The Hall–Kier alpha value is -1.61. The normalized spacial score (nSPS) is 27.6. The summed E-state index contributed by atoms with van der Waals surface area (Å²) in [6, 6.07) is 0. The minimum Gasteiger partial charge on any atom is -0.466 e. The Kier molecular flexibility index (Phi) is 4.74. The summed E-state index contributed by atoms with van der Waals surface area (Å²) in [5.74, 6) is -0.00104. The summed E-state index contributed by atoms with van der Waals surface area (Å²) in [5, 5.41) is 0. The van der Waals surface area contributed by atoms with E-state index < -0.39 is 0 Å². The van der Waals surface area contributed by atoms with Gasteiger partial charge in [-0.1, -0.05) is 43.4 Å². The van der Waals surface area contributed by atoms with Gasteiger partial charge in [-0.05, 0) is 18.4 Å². The molecule has 0 saturated carbocycles. The molecule has 0 aromatic carbocycles.